The summed E-state index contributed by atoms with van der Waals surface area (Å²) >= 11 is 1.70. The van der Waals surface area contributed by atoms with Crippen LogP contribution in [-0.4, -0.2) is 58.0 Å². The van der Waals surface area contributed by atoms with Gasteiger partial charge in [0.2, 0.25) is 5.88 Å². The van der Waals surface area contributed by atoms with Gasteiger partial charge in [-0.25, -0.2) is 14.8 Å². The number of ether oxygens (including phenoxy) is 2. The molecule has 1 saturated carbocycles. The van der Waals surface area contributed by atoms with Gasteiger partial charge < -0.3 is 19.5 Å². The Morgan fingerprint density at radius 3 is 2.65 bits per heavy atom. The Balaban J connectivity index is 1.37. The summed E-state index contributed by atoms with van der Waals surface area (Å²) in [7, 11) is 1.81. The van der Waals surface area contributed by atoms with Crippen LogP contribution in [0.5, 0.6) is 5.88 Å². The van der Waals surface area contributed by atoms with Crippen LogP contribution < -0.4 is 4.74 Å². The van der Waals surface area contributed by atoms with Gasteiger partial charge in [0.25, 0.3) is 0 Å². The molecule has 2 aromatic rings. The summed E-state index contributed by atoms with van der Waals surface area (Å²) in [6.45, 7) is 6.52. The van der Waals surface area contributed by atoms with Crippen molar-refractivity contribution >= 4 is 27.6 Å². The molecule has 2 heterocycles. The van der Waals surface area contributed by atoms with E-state index in [4.69, 9.17) is 9.47 Å². The Morgan fingerprint density at radius 1 is 1.23 bits per heavy atom. The van der Waals surface area contributed by atoms with Gasteiger partial charge in [0.1, 0.15) is 22.9 Å². The molecule has 0 saturated heterocycles. The van der Waals surface area contributed by atoms with E-state index in [1.807, 2.05) is 27.8 Å². The molecule has 0 radical (unpaired) electrons. The third-order valence-electron chi connectivity index (χ3n) is 6.23. The van der Waals surface area contributed by atoms with Crippen LogP contribution in [0, 0.1) is 5.92 Å². The van der Waals surface area contributed by atoms with Crippen LogP contribution >= 0.6 is 11.3 Å². The zero-order chi connectivity index (χ0) is 22.2. The van der Waals surface area contributed by atoms with E-state index < -0.39 is 5.60 Å². The first-order valence-electron chi connectivity index (χ1n) is 11.2. The number of aliphatic hydroxyl groups excluding tert-OH is 1. The van der Waals surface area contributed by atoms with E-state index >= 15 is 0 Å². The predicted molar refractivity (Wildman–Crippen MR) is 121 cm³/mol. The highest BCUT2D eigenvalue weighted by atomic mass is 32.1. The summed E-state index contributed by atoms with van der Waals surface area (Å²) < 4.78 is 11.8. The van der Waals surface area contributed by atoms with Crippen molar-refractivity contribution in [2.45, 2.75) is 76.9 Å². The van der Waals surface area contributed by atoms with Gasteiger partial charge in [0.05, 0.1) is 12.0 Å². The summed E-state index contributed by atoms with van der Waals surface area (Å²) in [4.78, 5) is 25.1. The smallest absolute Gasteiger partial charge is 0.410 e. The third-order valence-corrected chi connectivity index (χ3v) is 7.40. The number of thiophene rings is 1. The number of nitrogens with zero attached hydrogens (tertiary/aromatic N) is 3. The van der Waals surface area contributed by atoms with Gasteiger partial charge >= 0.3 is 6.09 Å². The summed E-state index contributed by atoms with van der Waals surface area (Å²) in [5.41, 5.74) is 0.724. The number of amides is 1. The highest BCUT2D eigenvalue weighted by Crippen LogP contribution is 2.46. The fourth-order valence-electron chi connectivity index (χ4n) is 4.70. The third kappa shape index (κ3) is 4.95. The maximum absolute atomic E-state index is 12.2. The quantitative estimate of drug-likeness (QED) is 0.725. The number of hydrogen-bond donors (Lipinski definition) is 1. The van der Waals surface area contributed by atoms with Gasteiger partial charge in [0.15, 0.2) is 0 Å². The highest BCUT2D eigenvalue weighted by molar-refractivity contribution is 7.19. The van der Waals surface area contributed by atoms with Gasteiger partial charge in [-0.05, 0) is 70.8 Å². The average molecular weight is 448 g/mol. The number of fused-ring (bicyclic) bond motifs is 3. The number of aryl methyl sites for hydroxylation is 1. The second-order valence-electron chi connectivity index (χ2n) is 9.84. The molecule has 170 valence electrons. The van der Waals surface area contributed by atoms with Gasteiger partial charge in [-0.15, -0.1) is 11.3 Å². The normalized spacial score (nSPS) is 23.6. The Labute approximate surface area is 187 Å². The molecule has 1 fully saturated rings. The van der Waals surface area contributed by atoms with Crippen molar-refractivity contribution in [3.05, 3.63) is 16.8 Å². The van der Waals surface area contributed by atoms with Crippen LogP contribution in [0.2, 0.25) is 0 Å². The van der Waals surface area contributed by atoms with Gasteiger partial charge in [-0.2, -0.15) is 0 Å². The maximum Gasteiger partial charge on any atom is 0.410 e. The SMILES string of the molecule is CN(CC1CCC(Oc2ncnc3sc4c(c23)[C@@H](CO)CC4)CC1)C(=O)OC(C)(C)C. The molecule has 4 rings (SSSR count). The monoisotopic (exact) mass is 447 g/mol. The minimum absolute atomic E-state index is 0.116. The van der Waals surface area contributed by atoms with E-state index in [0.717, 1.165) is 48.7 Å². The van der Waals surface area contributed by atoms with E-state index in [0.29, 0.717) is 18.3 Å². The molecule has 0 unspecified atom stereocenters. The topological polar surface area (TPSA) is 84.8 Å². The lowest BCUT2D eigenvalue weighted by atomic mass is 9.87. The Bertz CT molecular complexity index is 931. The summed E-state index contributed by atoms with van der Waals surface area (Å²) in [5, 5.41) is 10.8. The van der Waals surface area contributed by atoms with E-state index in [9.17, 15) is 9.90 Å². The number of carbonyl (C=O) groups excluding carboxylic acids is 1. The van der Waals surface area contributed by atoms with Gasteiger partial charge in [0, 0.05) is 24.4 Å². The van der Waals surface area contributed by atoms with Crippen molar-refractivity contribution in [3.8, 4) is 5.88 Å². The van der Waals surface area contributed by atoms with Crippen LogP contribution in [-0.2, 0) is 11.2 Å². The number of carbonyl (C=O) groups is 1. The lowest BCUT2D eigenvalue weighted by Gasteiger charge is -2.32. The van der Waals surface area contributed by atoms with Crippen molar-refractivity contribution in [1.82, 2.24) is 14.9 Å². The number of hydrogen-bond acceptors (Lipinski definition) is 7. The molecular formula is C23H33N3O4S. The van der Waals surface area contributed by atoms with Gasteiger partial charge in [-0.3, -0.25) is 0 Å². The average Bonchev–Trinajstić information content (AvgIpc) is 3.27. The molecule has 31 heavy (non-hydrogen) atoms. The first-order valence-corrected chi connectivity index (χ1v) is 12.0. The standard InChI is InChI=1S/C23H33N3O4S/c1-23(2,3)30-22(28)26(4)11-14-5-8-16(9-6-14)29-20-19-18-15(12-27)7-10-17(18)31-21(19)25-13-24-20/h13-16,27H,5-12H2,1-4H3/t14?,15-,16?/m1/s1. The summed E-state index contributed by atoms with van der Waals surface area (Å²) in [6, 6.07) is 0. The minimum Gasteiger partial charge on any atom is -0.474 e. The molecule has 0 bridgehead atoms. The van der Waals surface area contributed by atoms with Crippen LogP contribution in [0.3, 0.4) is 0 Å². The molecule has 2 aliphatic rings. The molecule has 2 aromatic heterocycles. The van der Waals surface area contributed by atoms with E-state index in [1.54, 1.807) is 22.6 Å². The lowest BCUT2D eigenvalue weighted by Crippen LogP contribution is -2.38. The summed E-state index contributed by atoms with van der Waals surface area (Å²) in [6.07, 6.45) is 7.31. The molecule has 0 aliphatic heterocycles. The van der Waals surface area contributed by atoms with Crippen LogP contribution in [0.4, 0.5) is 4.79 Å². The van der Waals surface area contributed by atoms with Crippen LogP contribution in [0.15, 0.2) is 6.33 Å². The number of rotatable bonds is 5. The van der Waals surface area contributed by atoms with Crippen molar-refractivity contribution in [1.29, 1.82) is 0 Å². The number of aromatic nitrogens is 2. The first-order chi connectivity index (χ1) is 14.7. The summed E-state index contributed by atoms with van der Waals surface area (Å²) in [5.74, 6) is 1.28. The number of aliphatic hydroxyl groups is 1. The molecule has 1 amide bonds. The minimum atomic E-state index is -0.476. The van der Waals surface area contributed by atoms with Crippen molar-refractivity contribution in [3.63, 3.8) is 0 Å². The Kier molecular flexibility index (Phi) is 6.40. The highest BCUT2D eigenvalue weighted by Gasteiger charge is 2.31. The molecule has 8 heteroatoms. The fraction of sp³-hybridized carbons (Fsp3) is 0.696. The fourth-order valence-corrected chi connectivity index (χ4v) is 5.94. The molecule has 7 nitrogen and oxygen atoms in total. The van der Waals surface area contributed by atoms with Crippen molar-refractivity contribution in [2.75, 3.05) is 20.2 Å². The van der Waals surface area contributed by atoms with E-state index in [2.05, 4.69) is 9.97 Å². The zero-order valence-electron chi connectivity index (χ0n) is 18.9. The maximum atomic E-state index is 12.2. The second kappa shape index (κ2) is 8.90. The predicted octanol–water partition coefficient (Wildman–Crippen LogP) is 4.52. The van der Waals surface area contributed by atoms with E-state index in [1.165, 1.54) is 10.4 Å². The van der Waals surface area contributed by atoms with Gasteiger partial charge in [-0.1, -0.05) is 0 Å². The van der Waals surface area contributed by atoms with Crippen LogP contribution in [0.1, 0.15) is 69.2 Å². The molecule has 0 spiro atoms. The molecule has 0 aromatic carbocycles. The lowest BCUT2D eigenvalue weighted by molar-refractivity contribution is 0.0246. The molecule has 1 N–H and O–H groups in total. The second-order valence-corrected chi connectivity index (χ2v) is 10.9. The molecular weight excluding hydrogens is 414 g/mol. The van der Waals surface area contributed by atoms with Crippen molar-refractivity contribution < 1.29 is 19.4 Å². The Hall–Kier alpha value is -1.93. The largest absolute Gasteiger partial charge is 0.474 e. The van der Waals surface area contributed by atoms with Crippen LogP contribution in [0.25, 0.3) is 10.2 Å². The van der Waals surface area contributed by atoms with E-state index in [-0.39, 0.29) is 24.7 Å². The Morgan fingerprint density at radius 2 is 1.97 bits per heavy atom. The zero-order valence-corrected chi connectivity index (χ0v) is 19.7. The molecule has 1 atom stereocenters. The molecule has 2 aliphatic carbocycles. The first kappa shape index (κ1) is 22.3. The van der Waals surface area contributed by atoms with Crippen molar-refractivity contribution in [2.24, 2.45) is 5.92 Å².